The number of ether oxygens (including phenoxy) is 1. The molecule has 0 aliphatic carbocycles. The predicted octanol–water partition coefficient (Wildman–Crippen LogP) is 0.382. The molecular weight excluding hydrogens is 358 g/mol. The molecule has 3 amide bonds. The molecule has 2 aromatic rings. The zero-order valence-corrected chi connectivity index (χ0v) is 14.9. The van der Waals surface area contributed by atoms with Crippen molar-refractivity contribution in [3.05, 3.63) is 40.4 Å². The highest BCUT2D eigenvalue weighted by Crippen LogP contribution is 2.24. The lowest BCUT2D eigenvalue weighted by Crippen LogP contribution is -2.28. The number of hydrogen-bond acceptors (Lipinski definition) is 7. The number of methoxy groups -OCH3 is 1. The van der Waals surface area contributed by atoms with Gasteiger partial charge in [-0.1, -0.05) is 18.2 Å². The Morgan fingerprint density at radius 3 is 2.65 bits per heavy atom. The molecule has 10 heteroatoms. The van der Waals surface area contributed by atoms with Gasteiger partial charge in [-0.3, -0.25) is 14.4 Å². The zero-order valence-electron chi connectivity index (χ0n) is 14.1. The SMILES string of the molecule is COCCNC(=O)Cc1ccccc1NC(=O)c1snc(C(N)=O)c1N. The summed E-state index contributed by atoms with van der Waals surface area (Å²) < 4.78 is 8.67. The summed E-state index contributed by atoms with van der Waals surface area (Å²) in [5.41, 5.74) is 11.8. The highest BCUT2D eigenvalue weighted by atomic mass is 32.1. The Kier molecular flexibility index (Phi) is 6.64. The van der Waals surface area contributed by atoms with Crippen LogP contribution in [-0.4, -0.2) is 42.4 Å². The van der Waals surface area contributed by atoms with Crippen molar-refractivity contribution in [2.75, 3.05) is 31.3 Å². The number of aromatic nitrogens is 1. The van der Waals surface area contributed by atoms with Gasteiger partial charge in [-0.25, -0.2) is 0 Å². The van der Waals surface area contributed by atoms with Crippen molar-refractivity contribution in [1.29, 1.82) is 0 Å². The summed E-state index contributed by atoms with van der Waals surface area (Å²) in [7, 11) is 1.55. The molecule has 6 N–H and O–H groups in total. The van der Waals surface area contributed by atoms with Crippen LogP contribution in [0.25, 0.3) is 0 Å². The van der Waals surface area contributed by atoms with E-state index in [9.17, 15) is 14.4 Å². The van der Waals surface area contributed by atoms with Crippen LogP contribution in [0.3, 0.4) is 0 Å². The van der Waals surface area contributed by atoms with Gasteiger partial charge in [-0.2, -0.15) is 4.37 Å². The fourth-order valence-electron chi connectivity index (χ4n) is 2.14. The van der Waals surface area contributed by atoms with Crippen molar-refractivity contribution in [3.63, 3.8) is 0 Å². The van der Waals surface area contributed by atoms with Crippen molar-refractivity contribution < 1.29 is 19.1 Å². The minimum absolute atomic E-state index is 0.0604. The number of benzene rings is 1. The van der Waals surface area contributed by atoms with Crippen LogP contribution in [0, 0.1) is 0 Å². The fraction of sp³-hybridized carbons (Fsp3) is 0.250. The molecule has 26 heavy (non-hydrogen) atoms. The van der Waals surface area contributed by atoms with Gasteiger partial charge in [0.2, 0.25) is 5.91 Å². The van der Waals surface area contributed by atoms with E-state index >= 15 is 0 Å². The van der Waals surface area contributed by atoms with Crippen LogP contribution in [0.4, 0.5) is 11.4 Å². The van der Waals surface area contributed by atoms with Gasteiger partial charge in [0, 0.05) is 19.3 Å². The topological polar surface area (TPSA) is 149 Å². The molecule has 0 aliphatic heterocycles. The number of primary amides is 1. The molecule has 0 atom stereocenters. The third-order valence-electron chi connectivity index (χ3n) is 3.41. The predicted molar refractivity (Wildman–Crippen MR) is 98.0 cm³/mol. The first-order valence-electron chi connectivity index (χ1n) is 7.63. The number of carbonyl (C=O) groups excluding carboxylic acids is 3. The number of nitrogens with one attached hydrogen (secondary N) is 2. The molecule has 0 aliphatic rings. The average Bonchev–Trinajstić information content (AvgIpc) is 2.98. The Balaban J connectivity index is 2.11. The van der Waals surface area contributed by atoms with Gasteiger partial charge in [-0.15, -0.1) is 0 Å². The second-order valence-electron chi connectivity index (χ2n) is 5.27. The third-order valence-corrected chi connectivity index (χ3v) is 4.27. The monoisotopic (exact) mass is 377 g/mol. The summed E-state index contributed by atoms with van der Waals surface area (Å²) in [6.45, 7) is 0.814. The first-order chi connectivity index (χ1) is 12.4. The molecular formula is C16H19N5O4S. The van der Waals surface area contributed by atoms with Crippen molar-refractivity contribution in [2.24, 2.45) is 5.73 Å². The fourth-order valence-corrected chi connectivity index (χ4v) is 2.84. The van der Waals surface area contributed by atoms with E-state index in [-0.39, 0.29) is 28.6 Å². The van der Waals surface area contributed by atoms with Crippen LogP contribution in [0.15, 0.2) is 24.3 Å². The zero-order chi connectivity index (χ0) is 19.1. The van der Waals surface area contributed by atoms with E-state index in [1.165, 1.54) is 0 Å². The van der Waals surface area contributed by atoms with Crippen LogP contribution in [-0.2, 0) is 16.0 Å². The van der Waals surface area contributed by atoms with E-state index in [1.54, 1.807) is 31.4 Å². The summed E-state index contributed by atoms with van der Waals surface area (Å²) in [6, 6.07) is 6.89. The van der Waals surface area contributed by atoms with Crippen LogP contribution in [0.5, 0.6) is 0 Å². The van der Waals surface area contributed by atoms with Gasteiger partial charge in [0.1, 0.15) is 4.88 Å². The van der Waals surface area contributed by atoms with E-state index in [4.69, 9.17) is 16.2 Å². The Bertz CT molecular complexity index is 821. The Labute approximate surface area is 153 Å². The molecule has 0 radical (unpaired) electrons. The number of nitrogens with zero attached hydrogens (tertiary/aromatic N) is 1. The molecule has 1 heterocycles. The van der Waals surface area contributed by atoms with Crippen molar-refractivity contribution in [1.82, 2.24) is 9.69 Å². The number of carbonyl (C=O) groups is 3. The molecule has 0 spiro atoms. The molecule has 2 rings (SSSR count). The largest absolute Gasteiger partial charge is 0.395 e. The van der Waals surface area contributed by atoms with E-state index in [2.05, 4.69) is 15.0 Å². The molecule has 0 saturated heterocycles. The number of rotatable bonds is 8. The van der Waals surface area contributed by atoms with Crippen molar-refractivity contribution in [3.8, 4) is 0 Å². The lowest BCUT2D eigenvalue weighted by Gasteiger charge is -2.11. The first kappa shape index (κ1) is 19.3. The molecule has 0 bridgehead atoms. The van der Waals surface area contributed by atoms with E-state index in [0.29, 0.717) is 24.4 Å². The third kappa shape index (κ3) is 4.77. The maximum atomic E-state index is 12.4. The number of hydrogen-bond donors (Lipinski definition) is 4. The van der Waals surface area contributed by atoms with E-state index in [0.717, 1.165) is 11.5 Å². The number of amides is 3. The maximum absolute atomic E-state index is 12.4. The van der Waals surface area contributed by atoms with Gasteiger partial charge in [0.05, 0.1) is 18.7 Å². The number of nitrogen functional groups attached to an aromatic ring is 1. The highest BCUT2D eigenvalue weighted by molar-refractivity contribution is 7.09. The number of nitrogens with two attached hydrogens (primary N) is 2. The van der Waals surface area contributed by atoms with Gasteiger partial charge in [0.25, 0.3) is 11.8 Å². The van der Waals surface area contributed by atoms with E-state index < -0.39 is 11.8 Å². The number of anilines is 2. The molecule has 0 saturated carbocycles. The quantitative estimate of drug-likeness (QED) is 0.489. The standard InChI is InChI=1S/C16H19N5O4S/c1-25-7-6-19-11(22)8-9-4-2-3-5-10(9)20-16(24)14-12(17)13(15(18)23)21-26-14/h2-5H,6-8,17H2,1H3,(H2,18,23)(H,19,22)(H,20,24). The highest BCUT2D eigenvalue weighted by Gasteiger charge is 2.21. The smallest absolute Gasteiger partial charge is 0.270 e. The molecule has 1 aromatic carbocycles. The molecule has 0 unspecified atom stereocenters. The minimum atomic E-state index is -0.800. The van der Waals surface area contributed by atoms with Crippen LogP contribution >= 0.6 is 11.5 Å². The summed E-state index contributed by atoms with van der Waals surface area (Å²) in [4.78, 5) is 35.7. The number of para-hydroxylation sites is 1. The lowest BCUT2D eigenvalue weighted by atomic mass is 10.1. The second-order valence-corrected chi connectivity index (χ2v) is 6.04. The minimum Gasteiger partial charge on any atom is -0.395 e. The van der Waals surface area contributed by atoms with Crippen molar-refractivity contribution >= 4 is 40.6 Å². The molecule has 0 fully saturated rings. The molecule has 138 valence electrons. The lowest BCUT2D eigenvalue weighted by molar-refractivity contribution is -0.120. The first-order valence-corrected chi connectivity index (χ1v) is 8.41. The van der Waals surface area contributed by atoms with Crippen molar-refractivity contribution in [2.45, 2.75) is 6.42 Å². The van der Waals surface area contributed by atoms with Gasteiger partial charge >= 0.3 is 0 Å². The average molecular weight is 377 g/mol. The normalized spacial score (nSPS) is 10.3. The van der Waals surface area contributed by atoms with Gasteiger partial charge in [0.15, 0.2) is 5.69 Å². The van der Waals surface area contributed by atoms with Crippen LogP contribution in [0.1, 0.15) is 25.7 Å². The maximum Gasteiger partial charge on any atom is 0.270 e. The second kappa shape index (κ2) is 8.92. The van der Waals surface area contributed by atoms with Crippen LogP contribution in [0.2, 0.25) is 0 Å². The molecule has 9 nitrogen and oxygen atoms in total. The van der Waals surface area contributed by atoms with Gasteiger partial charge < -0.3 is 26.8 Å². The Morgan fingerprint density at radius 1 is 1.27 bits per heavy atom. The van der Waals surface area contributed by atoms with Crippen LogP contribution < -0.4 is 22.1 Å². The Hall–Kier alpha value is -2.98. The Morgan fingerprint density at radius 2 is 2.00 bits per heavy atom. The van der Waals surface area contributed by atoms with E-state index in [1.807, 2.05) is 0 Å². The van der Waals surface area contributed by atoms with Gasteiger partial charge in [-0.05, 0) is 23.2 Å². The summed E-state index contributed by atoms with van der Waals surface area (Å²) in [5, 5.41) is 5.40. The molecule has 1 aromatic heterocycles. The summed E-state index contributed by atoms with van der Waals surface area (Å²) >= 11 is 0.784. The summed E-state index contributed by atoms with van der Waals surface area (Å²) in [6.07, 6.45) is 0.0882. The summed E-state index contributed by atoms with van der Waals surface area (Å²) in [5.74, 6) is -1.53.